The Morgan fingerprint density at radius 2 is 2.00 bits per heavy atom. The molecule has 0 aliphatic carbocycles. The van der Waals surface area contributed by atoms with E-state index in [2.05, 4.69) is 10.6 Å². The fourth-order valence-corrected chi connectivity index (χ4v) is 1.48. The highest BCUT2D eigenvalue weighted by Crippen LogP contribution is 2.18. The van der Waals surface area contributed by atoms with E-state index >= 15 is 0 Å². The quantitative estimate of drug-likeness (QED) is 0.836. The van der Waals surface area contributed by atoms with E-state index in [0.717, 1.165) is 12.5 Å². The number of anilines is 1. The van der Waals surface area contributed by atoms with E-state index in [-0.39, 0.29) is 10.7 Å². The first kappa shape index (κ1) is 15.4. The Hall–Kier alpha value is -1.62. The summed E-state index contributed by atoms with van der Waals surface area (Å²) in [5.41, 5.74) is -0.0755. The second-order valence-corrected chi connectivity index (χ2v) is 4.95. The number of carbonyl (C=O) groups is 2. The molecule has 0 fully saturated rings. The number of carbonyl (C=O) groups excluding carboxylic acids is 2. The van der Waals surface area contributed by atoms with Gasteiger partial charge in [-0.2, -0.15) is 0 Å². The number of rotatable bonds is 4. The van der Waals surface area contributed by atoms with Crippen LogP contribution in [0.25, 0.3) is 0 Å². The van der Waals surface area contributed by atoms with Crippen molar-refractivity contribution in [1.82, 2.24) is 5.32 Å². The van der Waals surface area contributed by atoms with Gasteiger partial charge in [-0.15, -0.1) is 0 Å². The molecule has 2 amide bonds. The molecular formula is C13H16ClFN2O2. The lowest BCUT2D eigenvalue weighted by molar-refractivity contribution is -0.136. The summed E-state index contributed by atoms with van der Waals surface area (Å²) in [4.78, 5) is 22.9. The molecular weight excluding hydrogens is 271 g/mol. The van der Waals surface area contributed by atoms with Crippen LogP contribution in [0.15, 0.2) is 18.2 Å². The van der Waals surface area contributed by atoms with Crippen molar-refractivity contribution >= 4 is 29.1 Å². The largest absolute Gasteiger partial charge is 0.348 e. The second kappa shape index (κ2) is 7.09. The lowest BCUT2D eigenvalue weighted by Crippen LogP contribution is -2.36. The van der Waals surface area contributed by atoms with Gasteiger partial charge in [0.15, 0.2) is 0 Å². The number of halogens is 2. The Kier molecular flexibility index (Phi) is 5.76. The van der Waals surface area contributed by atoms with Crippen LogP contribution in [-0.4, -0.2) is 18.4 Å². The van der Waals surface area contributed by atoms with Crippen LogP contribution in [0.5, 0.6) is 0 Å². The lowest BCUT2D eigenvalue weighted by atomic mass is 10.1. The molecule has 0 saturated heterocycles. The number of hydrogen-bond acceptors (Lipinski definition) is 2. The summed E-state index contributed by atoms with van der Waals surface area (Å²) in [5, 5.41) is 4.88. The van der Waals surface area contributed by atoms with Crippen LogP contribution in [0.1, 0.15) is 20.3 Å². The third kappa shape index (κ3) is 5.26. The third-order valence-electron chi connectivity index (χ3n) is 2.39. The molecule has 0 heterocycles. The van der Waals surface area contributed by atoms with Crippen molar-refractivity contribution in [2.45, 2.75) is 20.3 Å². The summed E-state index contributed by atoms with van der Waals surface area (Å²) >= 11 is 5.58. The van der Waals surface area contributed by atoms with Crippen molar-refractivity contribution in [3.63, 3.8) is 0 Å². The van der Waals surface area contributed by atoms with Gasteiger partial charge >= 0.3 is 11.8 Å². The molecule has 1 rings (SSSR count). The van der Waals surface area contributed by atoms with Crippen LogP contribution in [0.2, 0.25) is 5.02 Å². The zero-order valence-electron chi connectivity index (χ0n) is 10.8. The Morgan fingerprint density at radius 3 is 2.58 bits per heavy atom. The van der Waals surface area contributed by atoms with Gasteiger partial charge in [-0.1, -0.05) is 25.4 Å². The predicted molar refractivity (Wildman–Crippen MR) is 72.5 cm³/mol. The highest BCUT2D eigenvalue weighted by Gasteiger charge is 2.15. The lowest BCUT2D eigenvalue weighted by Gasteiger charge is -2.08. The molecule has 0 saturated carbocycles. The summed E-state index contributed by atoms with van der Waals surface area (Å²) in [6.45, 7) is 4.43. The second-order valence-electron chi connectivity index (χ2n) is 4.52. The molecule has 0 aliphatic heterocycles. The number of nitrogens with one attached hydrogen (secondary N) is 2. The fourth-order valence-electron chi connectivity index (χ4n) is 1.32. The molecule has 0 atom stereocenters. The van der Waals surface area contributed by atoms with Gasteiger partial charge in [0.2, 0.25) is 0 Å². The van der Waals surface area contributed by atoms with Crippen molar-refractivity contribution in [3.8, 4) is 0 Å². The van der Waals surface area contributed by atoms with E-state index in [1.54, 1.807) is 0 Å². The molecule has 0 bridgehead atoms. The molecule has 1 aromatic rings. The van der Waals surface area contributed by atoms with Crippen LogP contribution in [0.3, 0.4) is 0 Å². The van der Waals surface area contributed by atoms with Crippen molar-refractivity contribution in [2.24, 2.45) is 5.92 Å². The molecule has 0 aromatic heterocycles. The van der Waals surface area contributed by atoms with E-state index in [1.165, 1.54) is 12.1 Å². The highest BCUT2D eigenvalue weighted by atomic mass is 35.5. The number of amides is 2. The van der Waals surface area contributed by atoms with E-state index < -0.39 is 17.6 Å². The number of hydrogen-bond donors (Lipinski definition) is 2. The first-order valence-electron chi connectivity index (χ1n) is 5.94. The van der Waals surface area contributed by atoms with Crippen LogP contribution in [0.4, 0.5) is 10.1 Å². The first-order valence-corrected chi connectivity index (χ1v) is 6.32. The highest BCUT2D eigenvalue weighted by molar-refractivity contribution is 6.39. The van der Waals surface area contributed by atoms with E-state index in [4.69, 9.17) is 11.6 Å². The normalized spacial score (nSPS) is 10.4. The maximum absolute atomic E-state index is 13.4. The summed E-state index contributed by atoms with van der Waals surface area (Å²) < 4.78 is 13.4. The first-order chi connectivity index (χ1) is 8.90. The molecule has 104 valence electrons. The molecule has 4 nitrogen and oxygen atoms in total. The van der Waals surface area contributed by atoms with Gasteiger partial charge in [0.1, 0.15) is 5.82 Å². The average Bonchev–Trinajstić information content (AvgIpc) is 2.32. The molecule has 0 radical (unpaired) electrons. The van der Waals surface area contributed by atoms with Gasteiger partial charge in [0.25, 0.3) is 0 Å². The molecule has 0 spiro atoms. The summed E-state index contributed by atoms with van der Waals surface area (Å²) in [5.74, 6) is -1.94. The van der Waals surface area contributed by atoms with Crippen LogP contribution in [-0.2, 0) is 9.59 Å². The summed E-state index contributed by atoms with van der Waals surface area (Å²) in [6, 6.07) is 3.79. The fraction of sp³-hybridized carbons (Fsp3) is 0.385. The topological polar surface area (TPSA) is 58.2 Å². The van der Waals surface area contributed by atoms with E-state index in [1.807, 2.05) is 13.8 Å². The standard InChI is InChI=1S/C13H16ClFN2O2/c1-8(2)5-6-16-12(18)13(19)17-11-4-3-9(14)7-10(11)15/h3-4,7-8H,5-6H2,1-2H3,(H,16,18)(H,17,19). The molecule has 2 N–H and O–H groups in total. The Morgan fingerprint density at radius 1 is 1.32 bits per heavy atom. The Balaban J connectivity index is 2.52. The van der Waals surface area contributed by atoms with Crippen LogP contribution < -0.4 is 10.6 Å². The van der Waals surface area contributed by atoms with Crippen molar-refractivity contribution in [3.05, 3.63) is 29.0 Å². The van der Waals surface area contributed by atoms with Gasteiger partial charge in [-0.3, -0.25) is 9.59 Å². The SMILES string of the molecule is CC(C)CCNC(=O)C(=O)Nc1ccc(Cl)cc1F. The van der Waals surface area contributed by atoms with Crippen molar-refractivity contribution in [1.29, 1.82) is 0 Å². The predicted octanol–water partition coefficient (Wildman–Crippen LogP) is 2.58. The van der Waals surface area contributed by atoms with Gasteiger partial charge in [-0.05, 0) is 30.5 Å². The van der Waals surface area contributed by atoms with Gasteiger partial charge in [0.05, 0.1) is 5.69 Å². The zero-order valence-corrected chi connectivity index (χ0v) is 11.6. The van der Waals surface area contributed by atoms with Gasteiger partial charge < -0.3 is 10.6 Å². The minimum Gasteiger partial charge on any atom is -0.348 e. The molecule has 0 unspecified atom stereocenters. The summed E-state index contributed by atoms with van der Waals surface area (Å²) in [6.07, 6.45) is 0.772. The average molecular weight is 287 g/mol. The zero-order chi connectivity index (χ0) is 14.4. The monoisotopic (exact) mass is 286 g/mol. The minimum atomic E-state index is -0.898. The maximum atomic E-state index is 13.4. The third-order valence-corrected chi connectivity index (χ3v) is 2.63. The molecule has 6 heteroatoms. The molecule has 1 aromatic carbocycles. The van der Waals surface area contributed by atoms with Crippen LogP contribution in [0, 0.1) is 11.7 Å². The molecule has 19 heavy (non-hydrogen) atoms. The van der Waals surface area contributed by atoms with Crippen molar-refractivity contribution < 1.29 is 14.0 Å². The Labute approximate surface area is 116 Å². The van der Waals surface area contributed by atoms with Crippen molar-refractivity contribution in [2.75, 3.05) is 11.9 Å². The van der Waals surface area contributed by atoms with Crippen LogP contribution >= 0.6 is 11.6 Å². The molecule has 0 aliphatic rings. The maximum Gasteiger partial charge on any atom is 0.313 e. The van der Waals surface area contributed by atoms with E-state index in [0.29, 0.717) is 12.5 Å². The van der Waals surface area contributed by atoms with Gasteiger partial charge in [-0.25, -0.2) is 4.39 Å². The number of benzene rings is 1. The van der Waals surface area contributed by atoms with E-state index in [9.17, 15) is 14.0 Å². The minimum absolute atomic E-state index is 0.0755. The van der Waals surface area contributed by atoms with Gasteiger partial charge in [0, 0.05) is 11.6 Å². The smallest absolute Gasteiger partial charge is 0.313 e. The summed E-state index contributed by atoms with van der Waals surface area (Å²) in [7, 11) is 0. The Bertz CT molecular complexity index is 478.